The number of aromatic nitrogens is 1. The van der Waals surface area contributed by atoms with E-state index in [2.05, 4.69) is 39.5 Å². The monoisotopic (exact) mass is 332 g/mol. The Bertz CT molecular complexity index is 654. The first-order valence-corrected chi connectivity index (χ1v) is 7.64. The van der Waals surface area contributed by atoms with E-state index in [1.54, 1.807) is 0 Å². The maximum absolute atomic E-state index is 5.79. The Hall–Kier alpha value is -1.39. The Kier molecular flexibility index (Phi) is 4.03. The third-order valence-electron chi connectivity index (χ3n) is 3.51. The summed E-state index contributed by atoms with van der Waals surface area (Å²) in [5.41, 5.74) is 1.97. The summed E-state index contributed by atoms with van der Waals surface area (Å²) in [5.74, 6) is 0.974. The second-order valence-corrected chi connectivity index (χ2v) is 5.72. The summed E-state index contributed by atoms with van der Waals surface area (Å²) in [6.07, 6.45) is 4.32. The Morgan fingerprint density at radius 3 is 2.95 bits per heavy atom. The fourth-order valence-electron chi connectivity index (χ4n) is 2.50. The Morgan fingerprint density at radius 2 is 2.20 bits per heavy atom. The molecule has 0 fully saturated rings. The van der Waals surface area contributed by atoms with Gasteiger partial charge >= 0.3 is 0 Å². The van der Waals surface area contributed by atoms with E-state index in [1.807, 2.05) is 25.2 Å². The van der Waals surface area contributed by atoms with Crippen molar-refractivity contribution in [2.45, 2.75) is 18.9 Å². The van der Waals surface area contributed by atoms with Crippen molar-refractivity contribution < 1.29 is 4.74 Å². The molecule has 0 saturated heterocycles. The van der Waals surface area contributed by atoms with Crippen LogP contribution in [-0.4, -0.2) is 18.6 Å². The van der Waals surface area contributed by atoms with Gasteiger partial charge in [0.05, 0.1) is 17.8 Å². The lowest BCUT2D eigenvalue weighted by Crippen LogP contribution is -2.23. The van der Waals surface area contributed by atoms with Gasteiger partial charge in [-0.1, -0.05) is 18.2 Å². The van der Waals surface area contributed by atoms with Crippen molar-refractivity contribution in [3.05, 3.63) is 52.3 Å². The molecule has 0 spiro atoms. The van der Waals surface area contributed by atoms with Gasteiger partial charge in [0.1, 0.15) is 11.8 Å². The van der Waals surface area contributed by atoms with E-state index in [4.69, 9.17) is 9.72 Å². The quantitative estimate of drug-likeness (QED) is 0.923. The Labute approximate surface area is 127 Å². The van der Waals surface area contributed by atoms with Crippen LogP contribution in [-0.2, 0) is 4.74 Å². The van der Waals surface area contributed by atoms with Crippen molar-refractivity contribution in [3.63, 3.8) is 0 Å². The van der Waals surface area contributed by atoms with Crippen LogP contribution >= 0.6 is 15.9 Å². The number of benzene rings is 1. The molecule has 0 saturated carbocycles. The van der Waals surface area contributed by atoms with Gasteiger partial charge in [-0.25, -0.2) is 4.98 Å². The first-order chi connectivity index (χ1) is 9.79. The molecule has 3 rings (SSSR count). The average Bonchev–Trinajstić information content (AvgIpc) is 2.49. The van der Waals surface area contributed by atoms with Crippen LogP contribution in [0.15, 0.2) is 46.6 Å². The number of para-hydroxylation sites is 1. The summed E-state index contributed by atoms with van der Waals surface area (Å²) in [4.78, 5) is 4.79. The molecule has 1 aliphatic rings. The summed E-state index contributed by atoms with van der Waals surface area (Å²) < 4.78 is 6.80. The highest BCUT2D eigenvalue weighted by Gasteiger charge is 2.22. The standard InChI is InChI=1S/C16H17BrN2O/c1-18-16(14-8-4-5-9-20-14)15-12(17)10-11-6-2-3-7-13(11)19-15/h2-3,6-8,10,16,18H,4-5,9H2,1H3. The van der Waals surface area contributed by atoms with E-state index in [-0.39, 0.29) is 6.04 Å². The van der Waals surface area contributed by atoms with E-state index in [0.29, 0.717) is 0 Å². The van der Waals surface area contributed by atoms with Crippen LogP contribution in [0.4, 0.5) is 0 Å². The molecule has 1 aromatic heterocycles. The number of nitrogens with zero attached hydrogens (tertiary/aromatic N) is 1. The molecular weight excluding hydrogens is 316 g/mol. The van der Waals surface area contributed by atoms with Gasteiger partial charge in [0.25, 0.3) is 0 Å². The SMILES string of the molecule is CNC(C1=CCCCO1)c1nc2ccccc2cc1Br. The van der Waals surface area contributed by atoms with Gasteiger partial charge in [-0.05, 0) is 54.0 Å². The lowest BCUT2D eigenvalue weighted by atomic mass is 10.1. The van der Waals surface area contributed by atoms with Gasteiger partial charge in [0.15, 0.2) is 0 Å². The number of hydrogen-bond donors (Lipinski definition) is 1. The zero-order chi connectivity index (χ0) is 13.9. The van der Waals surface area contributed by atoms with Crippen LogP contribution in [0.1, 0.15) is 24.6 Å². The van der Waals surface area contributed by atoms with Gasteiger partial charge < -0.3 is 10.1 Å². The fourth-order valence-corrected chi connectivity index (χ4v) is 3.06. The number of pyridine rings is 1. The summed E-state index contributed by atoms with van der Waals surface area (Å²) >= 11 is 3.64. The molecule has 1 aliphatic heterocycles. The maximum atomic E-state index is 5.79. The topological polar surface area (TPSA) is 34.1 Å². The molecular formula is C16H17BrN2O. The molecule has 0 aliphatic carbocycles. The average molecular weight is 333 g/mol. The van der Waals surface area contributed by atoms with Crippen molar-refractivity contribution in [3.8, 4) is 0 Å². The molecule has 0 amide bonds. The van der Waals surface area contributed by atoms with E-state index in [0.717, 1.165) is 46.3 Å². The normalized spacial score (nSPS) is 16.6. The molecule has 0 bridgehead atoms. The van der Waals surface area contributed by atoms with Gasteiger partial charge in [-0.2, -0.15) is 0 Å². The summed E-state index contributed by atoms with van der Waals surface area (Å²) in [5, 5.41) is 4.44. The molecule has 1 aromatic carbocycles. The summed E-state index contributed by atoms with van der Waals surface area (Å²) in [6.45, 7) is 0.787. The van der Waals surface area contributed by atoms with Crippen molar-refractivity contribution in [2.24, 2.45) is 0 Å². The van der Waals surface area contributed by atoms with E-state index in [9.17, 15) is 0 Å². The van der Waals surface area contributed by atoms with Crippen molar-refractivity contribution in [1.82, 2.24) is 10.3 Å². The number of fused-ring (bicyclic) bond motifs is 1. The zero-order valence-electron chi connectivity index (χ0n) is 11.4. The fraction of sp³-hybridized carbons (Fsp3) is 0.312. The highest BCUT2D eigenvalue weighted by Crippen LogP contribution is 2.31. The summed E-state index contributed by atoms with van der Waals surface area (Å²) in [6, 6.07) is 10.3. The highest BCUT2D eigenvalue weighted by atomic mass is 79.9. The Morgan fingerprint density at radius 1 is 1.35 bits per heavy atom. The van der Waals surface area contributed by atoms with E-state index >= 15 is 0 Å². The van der Waals surface area contributed by atoms with Crippen molar-refractivity contribution in [2.75, 3.05) is 13.7 Å². The molecule has 20 heavy (non-hydrogen) atoms. The van der Waals surface area contributed by atoms with Gasteiger partial charge in [0.2, 0.25) is 0 Å². The number of allylic oxidation sites excluding steroid dienone is 1. The lowest BCUT2D eigenvalue weighted by Gasteiger charge is -2.24. The van der Waals surface area contributed by atoms with Crippen LogP contribution in [0.3, 0.4) is 0 Å². The number of halogens is 1. The van der Waals surface area contributed by atoms with E-state index < -0.39 is 0 Å². The number of nitrogens with one attached hydrogen (secondary N) is 1. The second kappa shape index (κ2) is 5.94. The molecule has 104 valence electrons. The first-order valence-electron chi connectivity index (χ1n) is 6.85. The molecule has 1 atom stereocenters. The minimum absolute atomic E-state index is 0.00530. The lowest BCUT2D eigenvalue weighted by molar-refractivity contribution is 0.168. The highest BCUT2D eigenvalue weighted by molar-refractivity contribution is 9.10. The largest absolute Gasteiger partial charge is 0.496 e. The summed E-state index contributed by atoms with van der Waals surface area (Å²) in [7, 11) is 1.94. The smallest absolute Gasteiger partial charge is 0.115 e. The third kappa shape index (κ3) is 2.58. The number of likely N-dealkylation sites (N-methyl/N-ethyl adjacent to an activating group) is 1. The molecule has 1 unspecified atom stereocenters. The molecule has 4 heteroatoms. The van der Waals surface area contributed by atoms with Crippen molar-refractivity contribution in [1.29, 1.82) is 0 Å². The Balaban J connectivity index is 2.06. The molecule has 2 heterocycles. The number of hydrogen-bond acceptors (Lipinski definition) is 3. The van der Waals surface area contributed by atoms with Crippen LogP contribution in [0.5, 0.6) is 0 Å². The van der Waals surface area contributed by atoms with Crippen LogP contribution in [0.25, 0.3) is 10.9 Å². The minimum Gasteiger partial charge on any atom is -0.496 e. The van der Waals surface area contributed by atoms with Crippen LogP contribution in [0, 0.1) is 0 Å². The predicted octanol–water partition coefficient (Wildman–Crippen LogP) is 3.95. The maximum Gasteiger partial charge on any atom is 0.115 e. The van der Waals surface area contributed by atoms with Gasteiger partial charge in [-0.3, -0.25) is 0 Å². The van der Waals surface area contributed by atoms with Crippen LogP contribution in [0.2, 0.25) is 0 Å². The minimum atomic E-state index is -0.00530. The van der Waals surface area contributed by atoms with E-state index in [1.165, 1.54) is 0 Å². The third-order valence-corrected chi connectivity index (χ3v) is 4.15. The predicted molar refractivity (Wildman–Crippen MR) is 84.5 cm³/mol. The molecule has 2 aromatic rings. The molecule has 1 N–H and O–H groups in total. The molecule has 0 radical (unpaired) electrons. The second-order valence-electron chi connectivity index (χ2n) is 4.87. The number of ether oxygens (including phenoxy) is 1. The van der Waals surface area contributed by atoms with Gasteiger partial charge in [-0.15, -0.1) is 0 Å². The first kappa shape index (κ1) is 13.6. The number of rotatable bonds is 3. The van der Waals surface area contributed by atoms with Crippen LogP contribution < -0.4 is 5.32 Å². The van der Waals surface area contributed by atoms with Crippen molar-refractivity contribution >= 4 is 26.8 Å². The molecule has 3 nitrogen and oxygen atoms in total. The van der Waals surface area contributed by atoms with Gasteiger partial charge in [0, 0.05) is 9.86 Å². The zero-order valence-corrected chi connectivity index (χ0v) is 13.0.